The van der Waals surface area contributed by atoms with E-state index in [0.717, 1.165) is 0 Å². The van der Waals surface area contributed by atoms with Gasteiger partial charge in [-0.1, -0.05) is 17.7 Å². The van der Waals surface area contributed by atoms with Crippen LogP contribution < -0.4 is 5.32 Å². The van der Waals surface area contributed by atoms with Crippen molar-refractivity contribution in [1.82, 2.24) is 5.32 Å². The van der Waals surface area contributed by atoms with Crippen LogP contribution >= 0.6 is 11.3 Å². The van der Waals surface area contributed by atoms with Gasteiger partial charge in [-0.05, 0) is 63.4 Å². The molecule has 1 aromatic heterocycles. The zero-order chi connectivity index (χ0) is 11.9. The van der Waals surface area contributed by atoms with E-state index < -0.39 is 0 Å². The molecule has 0 aromatic carbocycles. The molecule has 1 atom stereocenters. The smallest absolute Gasteiger partial charge is 0.0105 e. The molecule has 0 aliphatic heterocycles. The summed E-state index contributed by atoms with van der Waals surface area (Å²) < 4.78 is 0. The van der Waals surface area contributed by atoms with Crippen LogP contribution in [0.25, 0.3) is 0 Å². The van der Waals surface area contributed by atoms with Gasteiger partial charge in [0.25, 0.3) is 0 Å². The monoisotopic (exact) mass is 249 g/mol. The standard InChI is InChI=1S/C15H23NS/c1-16-14(9-10-15-8-5-11-17-15)12-13-6-3-2-4-7-13/h5-6,8,11,14,16H,2-4,7,9-10,12H2,1H3. The lowest BCUT2D eigenvalue weighted by molar-refractivity contribution is 0.504. The first-order valence-electron chi connectivity index (χ1n) is 6.76. The number of nitrogens with one attached hydrogen (secondary N) is 1. The Morgan fingerprint density at radius 1 is 1.41 bits per heavy atom. The van der Waals surface area contributed by atoms with Crippen molar-refractivity contribution in [3.05, 3.63) is 34.0 Å². The predicted octanol–water partition coefficient (Wildman–Crippen LogP) is 4.16. The van der Waals surface area contributed by atoms with Crippen LogP contribution in [0.15, 0.2) is 29.2 Å². The molecule has 1 aliphatic carbocycles. The first-order chi connectivity index (χ1) is 8.38. The third-order valence-corrected chi connectivity index (χ3v) is 4.56. The minimum atomic E-state index is 0.654. The van der Waals surface area contributed by atoms with Gasteiger partial charge in [-0.15, -0.1) is 11.3 Å². The average molecular weight is 249 g/mol. The van der Waals surface area contributed by atoms with Crippen molar-refractivity contribution >= 4 is 11.3 Å². The third-order valence-electron chi connectivity index (χ3n) is 3.62. The average Bonchev–Trinajstić information content (AvgIpc) is 2.89. The fourth-order valence-corrected chi connectivity index (χ4v) is 3.25. The van der Waals surface area contributed by atoms with Gasteiger partial charge in [0, 0.05) is 10.9 Å². The fraction of sp³-hybridized carbons (Fsp3) is 0.600. The van der Waals surface area contributed by atoms with Crippen LogP contribution in [0, 0.1) is 0 Å². The molecule has 1 heterocycles. The maximum Gasteiger partial charge on any atom is 0.0105 e. The quantitative estimate of drug-likeness (QED) is 0.747. The fourth-order valence-electron chi connectivity index (χ4n) is 2.53. The molecule has 0 amide bonds. The van der Waals surface area contributed by atoms with Crippen molar-refractivity contribution in [1.29, 1.82) is 0 Å². The van der Waals surface area contributed by atoms with Crippen molar-refractivity contribution in [3.63, 3.8) is 0 Å². The normalized spacial score (nSPS) is 17.8. The van der Waals surface area contributed by atoms with Crippen LogP contribution in [0.5, 0.6) is 0 Å². The topological polar surface area (TPSA) is 12.0 Å². The molecule has 0 saturated heterocycles. The zero-order valence-corrected chi connectivity index (χ0v) is 11.6. The summed E-state index contributed by atoms with van der Waals surface area (Å²) >= 11 is 1.88. The second-order valence-corrected chi connectivity index (χ2v) is 5.95. The summed E-state index contributed by atoms with van der Waals surface area (Å²) in [6, 6.07) is 5.05. The molecule has 0 fully saturated rings. The van der Waals surface area contributed by atoms with E-state index in [1.807, 2.05) is 11.3 Å². The molecule has 0 bridgehead atoms. The van der Waals surface area contributed by atoms with Crippen molar-refractivity contribution in [3.8, 4) is 0 Å². The highest BCUT2D eigenvalue weighted by molar-refractivity contribution is 7.09. The Kier molecular flexibility index (Phi) is 5.27. The molecule has 2 rings (SSSR count). The number of hydrogen-bond donors (Lipinski definition) is 1. The van der Waals surface area contributed by atoms with Gasteiger partial charge in [-0.3, -0.25) is 0 Å². The van der Waals surface area contributed by atoms with E-state index in [4.69, 9.17) is 0 Å². The Bertz CT molecular complexity index is 340. The Morgan fingerprint density at radius 3 is 3.00 bits per heavy atom. The van der Waals surface area contributed by atoms with Crippen molar-refractivity contribution in [2.45, 2.75) is 51.0 Å². The Balaban J connectivity index is 1.78. The molecule has 1 aromatic rings. The highest BCUT2D eigenvalue weighted by Gasteiger charge is 2.11. The SMILES string of the molecule is CNC(CCc1cccs1)CC1=CCCCC1. The lowest BCUT2D eigenvalue weighted by atomic mass is 9.93. The van der Waals surface area contributed by atoms with Gasteiger partial charge in [0.15, 0.2) is 0 Å². The van der Waals surface area contributed by atoms with Crippen LogP contribution in [-0.4, -0.2) is 13.1 Å². The highest BCUT2D eigenvalue weighted by Crippen LogP contribution is 2.23. The summed E-state index contributed by atoms with van der Waals surface area (Å²) in [5.74, 6) is 0. The third kappa shape index (κ3) is 4.29. The Morgan fingerprint density at radius 2 is 2.35 bits per heavy atom. The van der Waals surface area contributed by atoms with Gasteiger partial charge in [0.2, 0.25) is 0 Å². The van der Waals surface area contributed by atoms with E-state index >= 15 is 0 Å². The minimum absolute atomic E-state index is 0.654. The van der Waals surface area contributed by atoms with E-state index in [1.54, 1.807) is 5.57 Å². The molecule has 0 saturated carbocycles. The number of hydrogen-bond acceptors (Lipinski definition) is 2. The zero-order valence-electron chi connectivity index (χ0n) is 10.7. The van der Waals surface area contributed by atoms with E-state index in [1.165, 1.54) is 49.8 Å². The van der Waals surface area contributed by atoms with E-state index in [9.17, 15) is 0 Å². The molecule has 94 valence electrons. The van der Waals surface area contributed by atoms with Gasteiger partial charge in [-0.25, -0.2) is 0 Å². The molecule has 17 heavy (non-hydrogen) atoms. The van der Waals surface area contributed by atoms with E-state index in [2.05, 4.69) is 36.0 Å². The number of rotatable bonds is 6. The van der Waals surface area contributed by atoms with Gasteiger partial charge < -0.3 is 5.32 Å². The molecule has 1 unspecified atom stereocenters. The van der Waals surface area contributed by atoms with Crippen LogP contribution in [0.1, 0.15) is 43.4 Å². The largest absolute Gasteiger partial charge is 0.317 e. The lowest BCUT2D eigenvalue weighted by Gasteiger charge is -2.20. The molecular weight excluding hydrogens is 226 g/mol. The van der Waals surface area contributed by atoms with Crippen LogP contribution in [0.2, 0.25) is 0 Å². The Labute approximate surface area is 109 Å². The van der Waals surface area contributed by atoms with Gasteiger partial charge >= 0.3 is 0 Å². The Hall–Kier alpha value is -0.600. The summed E-state index contributed by atoms with van der Waals surface area (Å²) in [7, 11) is 2.10. The molecular formula is C15H23NS. The van der Waals surface area contributed by atoms with Crippen molar-refractivity contribution < 1.29 is 0 Å². The summed E-state index contributed by atoms with van der Waals surface area (Å²) in [6.07, 6.45) is 11.6. The second-order valence-electron chi connectivity index (χ2n) is 4.92. The molecule has 1 aliphatic rings. The first-order valence-corrected chi connectivity index (χ1v) is 7.64. The molecule has 0 radical (unpaired) electrons. The second kappa shape index (κ2) is 6.97. The molecule has 1 N–H and O–H groups in total. The van der Waals surface area contributed by atoms with Crippen LogP contribution in [0.3, 0.4) is 0 Å². The maximum absolute atomic E-state index is 3.48. The lowest BCUT2D eigenvalue weighted by Crippen LogP contribution is -2.26. The van der Waals surface area contributed by atoms with Gasteiger partial charge in [0.05, 0.1) is 0 Å². The minimum Gasteiger partial charge on any atom is -0.317 e. The summed E-state index contributed by atoms with van der Waals surface area (Å²) in [5, 5.41) is 5.65. The van der Waals surface area contributed by atoms with E-state index in [0.29, 0.717) is 6.04 Å². The number of allylic oxidation sites excluding steroid dienone is 1. The predicted molar refractivity (Wildman–Crippen MR) is 76.7 cm³/mol. The highest BCUT2D eigenvalue weighted by atomic mass is 32.1. The van der Waals surface area contributed by atoms with Crippen molar-refractivity contribution in [2.24, 2.45) is 0 Å². The van der Waals surface area contributed by atoms with Gasteiger partial charge in [-0.2, -0.15) is 0 Å². The van der Waals surface area contributed by atoms with Gasteiger partial charge in [0.1, 0.15) is 0 Å². The summed E-state index contributed by atoms with van der Waals surface area (Å²) in [5.41, 5.74) is 1.68. The number of thiophene rings is 1. The van der Waals surface area contributed by atoms with Crippen LogP contribution in [-0.2, 0) is 6.42 Å². The summed E-state index contributed by atoms with van der Waals surface area (Å²) in [4.78, 5) is 1.52. The summed E-state index contributed by atoms with van der Waals surface area (Å²) in [6.45, 7) is 0. The maximum atomic E-state index is 3.48. The number of aryl methyl sites for hydroxylation is 1. The first kappa shape index (κ1) is 12.8. The van der Waals surface area contributed by atoms with Crippen molar-refractivity contribution in [2.75, 3.05) is 7.05 Å². The molecule has 2 heteroatoms. The molecule has 0 spiro atoms. The van der Waals surface area contributed by atoms with E-state index in [-0.39, 0.29) is 0 Å². The van der Waals surface area contributed by atoms with Crippen LogP contribution in [0.4, 0.5) is 0 Å². The molecule has 1 nitrogen and oxygen atoms in total.